The standard InChI is InChI=1S/C24H28N2O3S/c1-30-15-23(28)25-21-11-19-13-26(14-20(19)12-22(21)27)24(29)18-9-5-8-17(10-18)16-6-3-2-4-7-16/h2-10,19-22,27H,11-15H2,1H3,(H,25,28)/t19-,20+,21-,22-/m0/s1. The number of aliphatic hydroxyl groups is 1. The second-order valence-electron chi connectivity index (χ2n) is 8.32. The summed E-state index contributed by atoms with van der Waals surface area (Å²) in [5.74, 6) is 1.01. The second kappa shape index (κ2) is 9.23. The number of nitrogens with zero attached hydrogens (tertiary/aromatic N) is 1. The molecule has 4 atom stereocenters. The van der Waals surface area contributed by atoms with Gasteiger partial charge in [-0.2, -0.15) is 11.8 Å². The third-order valence-electron chi connectivity index (χ3n) is 6.27. The lowest BCUT2D eigenvalue weighted by atomic mass is 9.77. The SMILES string of the molecule is CSCC(=O)N[C@H]1C[C@H]2CN(C(=O)c3cccc(-c4ccccc4)c3)C[C@H]2C[C@@H]1O. The molecule has 2 aliphatic rings. The number of fused-ring (bicyclic) bond motifs is 1. The molecule has 158 valence electrons. The maximum Gasteiger partial charge on any atom is 0.253 e. The van der Waals surface area contributed by atoms with Crippen LogP contribution in [-0.4, -0.2) is 59.1 Å². The lowest BCUT2D eigenvalue weighted by Gasteiger charge is -2.35. The Morgan fingerprint density at radius 3 is 2.47 bits per heavy atom. The van der Waals surface area contributed by atoms with Gasteiger partial charge in [-0.05, 0) is 54.2 Å². The van der Waals surface area contributed by atoms with Crippen LogP contribution >= 0.6 is 11.8 Å². The fraction of sp³-hybridized carbons (Fsp3) is 0.417. The molecule has 1 aliphatic heterocycles. The second-order valence-corrected chi connectivity index (χ2v) is 9.19. The summed E-state index contributed by atoms with van der Waals surface area (Å²) in [6, 6.07) is 17.6. The Balaban J connectivity index is 1.43. The molecule has 0 radical (unpaired) electrons. The van der Waals surface area contributed by atoms with Gasteiger partial charge in [0.05, 0.1) is 17.9 Å². The fourth-order valence-corrected chi connectivity index (χ4v) is 5.12. The maximum absolute atomic E-state index is 13.2. The number of hydrogen-bond acceptors (Lipinski definition) is 4. The van der Waals surface area contributed by atoms with E-state index in [9.17, 15) is 14.7 Å². The van der Waals surface area contributed by atoms with Crippen molar-refractivity contribution >= 4 is 23.6 Å². The number of benzene rings is 2. The summed E-state index contributed by atoms with van der Waals surface area (Å²) in [7, 11) is 0. The normalized spacial score (nSPS) is 25.6. The van der Waals surface area contributed by atoms with Gasteiger partial charge in [0, 0.05) is 18.7 Å². The minimum absolute atomic E-state index is 0.0337. The number of rotatable bonds is 5. The Bertz CT molecular complexity index is 904. The molecule has 30 heavy (non-hydrogen) atoms. The van der Waals surface area contributed by atoms with Crippen LogP contribution in [0.15, 0.2) is 54.6 Å². The number of hydrogen-bond donors (Lipinski definition) is 2. The number of carbonyl (C=O) groups is 2. The van der Waals surface area contributed by atoms with Crippen molar-refractivity contribution in [2.75, 3.05) is 25.1 Å². The molecule has 1 aliphatic carbocycles. The topological polar surface area (TPSA) is 69.6 Å². The van der Waals surface area contributed by atoms with Gasteiger partial charge in [-0.3, -0.25) is 9.59 Å². The zero-order chi connectivity index (χ0) is 21.1. The van der Waals surface area contributed by atoms with Crippen LogP contribution in [-0.2, 0) is 4.79 Å². The molecule has 0 spiro atoms. The highest BCUT2D eigenvalue weighted by Crippen LogP contribution is 2.37. The monoisotopic (exact) mass is 424 g/mol. The minimum atomic E-state index is -0.548. The van der Waals surface area contributed by atoms with Gasteiger partial charge in [0.2, 0.25) is 5.91 Å². The Morgan fingerprint density at radius 1 is 1.03 bits per heavy atom. The summed E-state index contributed by atoms with van der Waals surface area (Å²) in [6.07, 6.45) is 2.69. The first-order chi connectivity index (χ1) is 14.5. The minimum Gasteiger partial charge on any atom is -0.391 e. The zero-order valence-corrected chi connectivity index (χ0v) is 18.0. The van der Waals surface area contributed by atoms with Gasteiger partial charge < -0.3 is 15.3 Å². The van der Waals surface area contributed by atoms with Crippen LogP contribution in [0.3, 0.4) is 0 Å². The van der Waals surface area contributed by atoms with Crippen molar-refractivity contribution in [3.05, 3.63) is 60.2 Å². The van der Waals surface area contributed by atoms with Crippen molar-refractivity contribution in [3.63, 3.8) is 0 Å². The fourth-order valence-electron chi connectivity index (χ4n) is 4.78. The van der Waals surface area contributed by atoms with Gasteiger partial charge in [-0.15, -0.1) is 0 Å². The molecule has 1 saturated heterocycles. The largest absolute Gasteiger partial charge is 0.391 e. The van der Waals surface area contributed by atoms with Gasteiger partial charge in [0.1, 0.15) is 0 Å². The summed E-state index contributed by atoms with van der Waals surface area (Å²) in [6.45, 7) is 1.35. The average molecular weight is 425 g/mol. The van der Waals surface area contributed by atoms with E-state index in [4.69, 9.17) is 0 Å². The Hall–Kier alpha value is -2.31. The average Bonchev–Trinajstić information content (AvgIpc) is 3.17. The third-order valence-corrected chi connectivity index (χ3v) is 6.82. The van der Waals surface area contributed by atoms with Crippen LogP contribution in [0, 0.1) is 11.8 Å². The van der Waals surface area contributed by atoms with E-state index in [1.807, 2.05) is 65.8 Å². The molecule has 6 heteroatoms. The quantitative estimate of drug-likeness (QED) is 0.774. The van der Waals surface area contributed by atoms with E-state index in [0.29, 0.717) is 36.7 Å². The highest BCUT2D eigenvalue weighted by Gasteiger charge is 2.43. The molecule has 4 rings (SSSR count). The lowest BCUT2D eigenvalue weighted by Crippen LogP contribution is -2.49. The summed E-state index contributed by atoms with van der Waals surface area (Å²) >= 11 is 1.47. The summed E-state index contributed by atoms with van der Waals surface area (Å²) < 4.78 is 0. The van der Waals surface area contributed by atoms with E-state index in [-0.39, 0.29) is 23.8 Å². The Morgan fingerprint density at radius 2 is 1.73 bits per heavy atom. The highest BCUT2D eigenvalue weighted by atomic mass is 32.2. The predicted molar refractivity (Wildman–Crippen MR) is 120 cm³/mol. The van der Waals surface area contributed by atoms with Crippen LogP contribution < -0.4 is 5.32 Å². The van der Waals surface area contributed by atoms with Crippen molar-refractivity contribution in [2.24, 2.45) is 11.8 Å². The van der Waals surface area contributed by atoms with E-state index < -0.39 is 6.10 Å². The molecule has 2 N–H and O–H groups in total. The van der Waals surface area contributed by atoms with Crippen LogP contribution in [0.2, 0.25) is 0 Å². The molecular formula is C24H28N2O3S. The van der Waals surface area contributed by atoms with E-state index in [1.54, 1.807) is 0 Å². The van der Waals surface area contributed by atoms with E-state index in [2.05, 4.69) is 5.32 Å². The Kier molecular flexibility index (Phi) is 6.44. The molecule has 0 aromatic heterocycles. The van der Waals surface area contributed by atoms with Gasteiger partial charge in [-0.1, -0.05) is 42.5 Å². The number of nitrogens with one attached hydrogen (secondary N) is 1. The predicted octanol–water partition coefficient (Wildman–Crippen LogP) is 3.04. The molecule has 2 fully saturated rings. The molecule has 1 heterocycles. The van der Waals surface area contributed by atoms with Gasteiger partial charge >= 0.3 is 0 Å². The molecule has 2 aromatic carbocycles. The van der Waals surface area contributed by atoms with E-state index in [1.165, 1.54) is 11.8 Å². The summed E-state index contributed by atoms with van der Waals surface area (Å²) in [4.78, 5) is 27.1. The number of likely N-dealkylation sites (tertiary alicyclic amines) is 1. The Labute approximate surface area is 181 Å². The first kappa shape index (κ1) is 20.9. The van der Waals surface area contributed by atoms with E-state index in [0.717, 1.165) is 17.5 Å². The third kappa shape index (κ3) is 4.55. The molecule has 0 bridgehead atoms. The van der Waals surface area contributed by atoms with Crippen molar-refractivity contribution in [1.29, 1.82) is 0 Å². The number of aliphatic hydroxyl groups excluding tert-OH is 1. The highest BCUT2D eigenvalue weighted by molar-refractivity contribution is 7.99. The number of thioether (sulfide) groups is 1. The summed E-state index contributed by atoms with van der Waals surface area (Å²) in [5, 5.41) is 13.5. The molecule has 2 amide bonds. The van der Waals surface area contributed by atoms with Crippen LogP contribution in [0.25, 0.3) is 11.1 Å². The van der Waals surface area contributed by atoms with Gasteiger partial charge in [-0.25, -0.2) is 0 Å². The zero-order valence-electron chi connectivity index (χ0n) is 17.2. The van der Waals surface area contributed by atoms with Crippen molar-refractivity contribution in [1.82, 2.24) is 10.2 Å². The number of carbonyl (C=O) groups excluding carboxylic acids is 2. The van der Waals surface area contributed by atoms with Crippen LogP contribution in [0.5, 0.6) is 0 Å². The van der Waals surface area contributed by atoms with Gasteiger partial charge in [0.15, 0.2) is 0 Å². The maximum atomic E-state index is 13.2. The van der Waals surface area contributed by atoms with Crippen molar-refractivity contribution < 1.29 is 14.7 Å². The number of amides is 2. The van der Waals surface area contributed by atoms with Crippen LogP contribution in [0.1, 0.15) is 23.2 Å². The lowest BCUT2D eigenvalue weighted by molar-refractivity contribution is -0.120. The van der Waals surface area contributed by atoms with Crippen LogP contribution in [0.4, 0.5) is 0 Å². The molecule has 1 saturated carbocycles. The van der Waals surface area contributed by atoms with Gasteiger partial charge in [0.25, 0.3) is 5.91 Å². The first-order valence-corrected chi connectivity index (χ1v) is 11.9. The summed E-state index contributed by atoms with van der Waals surface area (Å²) in [5.41, 5.74) is 2.82. The van der Waals surface area contributed by atoms with Crippen molar-refractivity contribution in [2.45, 2.75) is 25.0 Å². The molecule has 0 unspecified atom stereocenters. The molecule has 5 nitrogen and oxygen atoms in total. The smallest absolute Gasteiger partial charge is 0.253 e. The molecular weight excluding hydrogens is 396 g/mol. The van der Waals surface area contributed by atoms with E-state index >= 15 is 0 Å². The van der Waals surface area contributed by atoms with Crippen molar-refractivity contribution in [3.8, 4) is 11.1 Å². The first-order valence-electron chi connectivity index (χ1n) is 10.5. The molecule has 2 aromatic rings.